The number of carbonyl (C=O) groups is 1. The van der Waals surface area contributed by atoms with Gasteiger partial charge in [-0.1, -0.05) is 47.6 Å². The molecule has 1 unspecified atom stereocenters. The third kappa shape index (κ3) is 4.67. The maximum atomic E-state index is 12.3. The van der Waals surface area contributed by atoms with Gasteiger partial charge < -0.3 is 15.2 Å². The number of amides is 2. The minimum absolute atomic E-state index is 0.351. The van der Waals surface area contributed by atoms with E-state index in [4.69, 9.17) is 4.52 Å². The Kier molecular flexibility index (Phi) is 5.33. The number of nitrogens with one attached hydrogen (secondary N) is 3. The van der Waals surface area contributed by atoms with Crippen LogP contribution in [0.25, 0.3) is 11.1 Å². The molecule has 0 aliphatic rings. The highest BCUT2D eigenvalue weighted by molar-refractivity contribution is 5.89. The monoisotopic (exact) mass is 388 g/mol. The molecular weight excluding hydrogens is 368 g/mol. The van der Waals surface area contributed by atoms with Gasteiger partial charge in [-0.05, 0) is 30.2 Å². The summed E-state index contributed by atoms with van der Waals surface area (Å²) in [7, 11) is 0. The van der Waals surface area contributed by atoms with Gasteiger partial charge in [-0.25, -0.2) is 4.79 Å². The molecule has 0 saturated heterocycles. The molecule has 8 heteroatoms. The fourth-order valence-corrected chi connectivity index (χ4v) is 2.87. The van der Waals surface area contributed by atoms with Gasteiger partial charge in [-0.2, -0.15) is 10.1 Å². The predicted molar refractivity (Wildman–Crippen MR) is 108 cm³/mol. The first kappa shape index (κ1) is 18.4. The molecule has 0 fully saturated rings. The van der Waals surface area contributed by atoms with Crippen molar-refractivity contribution in [1.29, 1.82) is 0 Å². The lowest BCUT2D eigenvalue weighted by atomic mass is 10.1. The number of aromatic nitrogens is 4. The zero-order chi connectivity index (χ0) is 20.1. The summed E-state index contributed by atoms with van der Waals surface area (Å²) >= 11 is 0. The van der Waals surface area contributed by atoms with Crippen molar-refractivity contribution in [3.63, 3.8) is 0 Å². The van der Waals surface area contributed by atoms with Gasteiger partial charge >= 0.3 is 6.03 Å². The van der Waals surface area contributed by atoms with Crippen LogP contribution in [0.15, 0.2) is 71.5 Å². The average Bonchev–Trinajstić information content (AvgIpc) is 3.42. The molecule has 29 heavy (non-hydrogen) atoms. The van der Waals surface area contributed by atoms with Gasteiger partial charge in [-0.3, -0.25) is 5.10 Å². The highest BCUT2D eigenvalue weighted by Crippen LogP contribution is 2.20. The van der Waals surface area contributed by atoms with Crippen LogP contribution >= 0.6 is 0 Å². The van der Waals surface area contributed by atoms with Gasteiger partial charge in [-0.15, -0.1) is 0 Å². The molecule has 0 bridgehead atoms. The second-order valence-electron chi connectivity index (χ2n) is 6.60. The molecule has 0 aliphatic carbocycles. The maximum Gasteiger partial charge on any atom is 0.319 e. The summed E-state index contributed by atoms with van der Waals surface area (Å²) in [6.45, 7) is 1.79. The van der Waals surface area contributed by atoms with E-state index in [0.29, 0.717) is 23.8 Å². The first-order valence-corrected chi connectivity index (χ1v) is 9.20. The van der Waals surface area contributed by atoms with Gasteiger partial charge in [0.05, 0.1) is 6.20 Å². The molecule has 0 aliphatic heterocycles. The largest absolute Gasteiger partial charge is 0.337 e. The van der Waals surface area contributed by atoms with E-state index in [1.165, 1.54) is 0 Å². The number of benzene rings is 2. The van der Waals surface area contributed by atoms with E-state index in [0.717, 1.165) is 16.7 Å². The lowest BCUT2D eigenvalue weighted by molar-refractivity contribution is 0.245. The second-order valence-corrected chi connectivity index (χ2v) is 6.60. The third-order valence-electron chi connectivity index (χ3n) is 4.38. The van der Waals surface area contributed by atoms with Gasteiger partial charge in [0.25, 0.3) is 0 Å². The van der Waals surface area contributed by atoms with Crippen LogP contribution < -0.4 is 10.6 Å². The summed E-state index contributed by atoms with van der Waals surface area (Å²) in [5.74, 6) is 0.941. The Balaban J connectivity index is 1.32. The Morgan fingerprint density at radius 3 is 2.62 bits per heavy atom. The van der Waals surface area contributed by atoms with E-state index in [1.807, 2.05) is 60.8 Å². The van der Waals surface area contributed by atoms with Crippen molar-refractivity contribution in [2.45, 2.75) is 19.4 Å². The number of aromatic amines is 1. The molecular formula is C21H20N6O2. The van der Waals surface area contributed by atoms with E-state index >= 15 is 0 Å². The Labute approximate surface area is 167 Å². The lowest BCUT2D eigenvalue weighted by Crippen LogP contribution is -2.31. The Morgan fingerprint density at radius 1 is 1.10 bits per heavy atom. The highest BCUT2D eigenvalue weighted by Gasteiger charge is 2.17. The van der Waals surface area contributed by atoms with Crippen LogP contribution in [0.1, 0.15) is 30.2 Å². The molecule has 3 N–H and O–H groups in total. The summed E-state index contributed by atoms with van der Waals surface area (Å²) in [5.41, 5.74) is 3.77. The molecule has 0 saturated carbocycles. The molecule has 4 aromatic rings. The van der Waals surface area contributed by atoms with Gasteiger partial charge in [0.15, 0.2) is 5.82 Å². The number of urea groups is 1. The molecule has 4 rings (SSSR count). The van der Waals surface area contributed by atoms with Crippen molar-refractivity contribution in [2.24, 2.45) is 0 Å². The summed E-state index contributed by atoms with van der Waals surface area (Å²) in [6.07, 6.45) is 4.13. The number of hydrogen-bond donors (Lipinski definition) is 3. The summed E-state index contributed by atoms with van der Waals surface area (Å²) in [4.78, 5) is 16.7. The summed E-state index contributed by atoms with van der Waals surface area (Å²) in [5, 5.41) is 16.3. The summed E-state index contributed by atoms with van der Waals surface area (Å²) < 4.78 is 5.29. The normalized spacial score (nSPS) is 11.8. The van der Waals surface area contributed by atoms with E-state index in [2.05, 4.69) is 31.0 Å². The Morgan fingerprint density at radius 2 is 1.90 bits per heavy atom. The Bertz CT molecular complexity index is 1060. The van der Waals surface area contributed by atoms with Crippen LogP contribution in [0.5, 0.6) is 0 Å². The molecule has 0 spiro atoms. The fourth-order valence-electron chi connectivity index (χ4n) is 2.87. The zero-order valence-corrected chi connectivity index (χ0v) is 15.8. The number of nitrogens with zero attached hydrogens (tertiary/aromatic N) is 3. The van der Waals surface area contributed by atoms with Crippen LogP contribution in [-0.2, 0) is 6.42 Å². The van der Waals surface area contributed by atoms with Crippen molar-refractivity contribution in [1.82, 2.24) is 25.7 Å². The van der Waals surface area contributed by atoms with Crippen molar-refractivity contribution in [3.8, 4) is 11.1 Å². The Hall–Kier alpha value is -3.94. The molecule has 2 amide bonds. The molecule has 1 atom stereocenters. The smallest absolute Gasteiger partial charge is 0.319 e. The topological polar surface area (TPSA) is 109 Å². The van der Waals surface area contributed by atoms with E-state index < -0.39 is 6.04 Å². The first-order chi connectivity index (χ1) is 14.2. The van der Waals surface area contributed by atoms with Crippen molar-refractivity contribution >= 4 is 11.7 Å². The van der Waals surface area contributed by atoms with Crippen molar-refractivity contribution in [3.05, 3.63) is 84.3 Å². The molecule has 0 radical (unpaired) electrons. The SMILES string of the molecule is CC(NC(=O)Nc1ccc(-c2cn[nH]c2)cc1)c1nc(Cc2ccccc2)no1. The molecule has 146 valence electrons. The number of rotatable bonds is 6. The van der Waals surface area contributed by atoms with Crippen molar-refractivity contribution < 1.29 is 9.32 Å². The highest BCUT2D eigenvalue weighted by atomic mass is 16.5. The number of anilines is 1. The van der Waals surface area contributed by atoms with Crippen LogP contribution in [0.4, 0.5) is 10.5 Å². The number of hydrogen-bond acceptors (Lipinski definition) is 5. The maximum absolute atomic E-state index is 12.3. The van der Waals surface area contributed by atoms with Crippen LogP contribution in [-0.4, -0.2) is 26.4 Å². The molecule has 2 aromatic heterocycles. The van der Waals surface area contributed by atoms with Crippen molar-refractivity contribution in [2.75, 3.05) is 5.32 Å². The second kappa shape index (κ2) is 8.39. The van der Waals surface area contributed by atoms with Crippen LogP contribution in [0, 0.1) is 0 Å². The van der Waals surface area contributed by atoms with Crippen LogP contribution in [0.3, 0.4) is 0 Å². The summed E-state index contributed by atoms with van der Waals surface area (Å²) in [6, 6.07) is 16.6. The first-order valence-electron chi connectivity index (χ1n) is 9.20. The minimum Gasteiger partial charge on any atom is -0.337 e. The zero-order valence-electron chi connectivity index (χ0n) is 15.8. The van der Waals surface area contributed by atoms with E-state index in [-0.39, 0.29) is 6.03 Å². The number of H-pyrrole nitrogens is 1. The molecule has 2 heterocycles. The predicted octanol–water partition coefficient (Wildman–Crippen LogP) is 3.93. The van der Waals surface area contributed by atoms with E-state index in [9.17, 15) is 4.79 Å². The lowest BCUT2D eigenvalue weighted by Gasteiger charge is -2.11. The fraction of sp³-hybridized carbons (Fsp3) is 0.143. The third-order valence-corrected chi connectivity index (χ3v) is 4.38. The minimum atomic E-state index is -0.419. The number of carbonyl (C=O) groups excluding carboxylic acids is 1. The molecule has 2 aromatic carbocycles. The standard InChI is InChI=1S/C21H20N6O2/c1-14(20-26-19(27-29-20)11-15-5-3-2-4-6-15)24-21(28)25-18-9-7-16(8-10-18)17-12-22-23-13-17/h2-10,12-14H,11H2,1H3,(H,22,23)(H2,24,25,28). The van der Waals surface area contributed by atoms with Gasteiger partial charge in [0, 0.05) is 23.9 Å². The van der Waals surface area contributed by atoms with Crippen LogP contribution in [0.2, 0.25) is 0 Å². The van der Waals surface area contributed by atoms with Gasteiger partial charge in [0.1, 0.15) is 6.04 Å². The van der Waals surface area contributed by atoms with E-state index in [1.54, 1.807) is 13.1 Å². The molecule has 8 nitrogen and oxygen atoms in total. The van der Waals surface area contributed by atoms with Gasteiger partial charge in [0.2, 0.25) is 5.89 Å². The average molecular weight is 388 g/mol. The quantitative estimate of drug-likeness (QED) is 0.464.